The van der Waals surface area contributed by atoms with E-state index in [0.717, 1.165) is 37.6 Å². The van der Waals surface area contributed by atoms with E-state index >= 15 is 0 Å². The van der Waals surface area contributed by atoms with E-state index in [1.54, 1.807) is 0 Å². The fourth-order valence-corrected chi connectivity index (χ4v) is 2.81. The Labute approximate surface area is 146 Å². The molecule has 0 aliphatic carbocycles. The average Bonchev–Trinajstić information content (AvgIpc) is 2.56. The predicted molar refractivity (Wildman–Crippen MR) is 98.7 cm³/mol. The molecule has 1 saturated heterocycles. The lowest BCUT2D eigenvalue weighted by molar-refractivity contribution is -0.123. The zero-order valence-electron chi connectivity index (χ0n) is 15.4. The second-order valence-corrected chi connectivity index (χ2v) is 6.76. The second-order valence-electron chi connectivity index (χ2n) is 6.76. The van der Waals surface area contributed by atoms with Crippen molar-refractivity contribution in [2.75, 3.05) is 44.2 Å². The molecule has 0 radical (unpaired) electrons. The van der Waals surface area contributed by atoms with Gasteiger partial charge < -0.3 is 15.0 Å². The van der Waals surface area contributed by atoms with Crippen LogP contribution in [-0.2, 0) is 4.79 Å². The fourth-order valence-electron chi connectivity index (χ4n) is 2.81. The number of hydrogen-bond donors (Lipinski definition) is 1. The lowest BCUT2D eigenvalue weighted by Crippen LogP contribution is -2.50. The number of carbonyl (C=O) groups excluding carboxylic acids is 1. The molecule has 1 heterocycles. The molecule has 1 amide bonds. The smallest absolute Gasteiger partial charge is 0.234 e. The Balaban J connectivity index is 1.84. The summed E-state index contributed by atoms with van der Waals surface area (Å²) in [5.41, 5.74) is 1.15. The Morgan fingerprint density at radius 3 is 2.46 bits per heavy atom. The third-order valence-corrected chi connectivity index (χ3v) is 4.63. The van der Waals surface area contributed by atoms with E-state index in [0.29, 0.717) is 19.1 Å². The highest BCUT2D eigenvalue weighted by atomic mass is 16.5. The molecule has 0 spiro atoms. The summed E-state index contributed by atoms with van der Waals surface area (Å²) in [7, 11) is 0. The van der Waals surface area contributed by atoms with Crippen LogP contribution in [0.25, 0.3) is 0 Å². The number of benzene rings is 1. The van der Waals surface area contributed by atoms with Crippen LogP contribution in [0.15, 0.2) is 24.3 Å². The molecule has 5 nitrogen and oxygen atoms in total. The third-order valence-electron chi connectivity index (χ3n) is 4.63. The molecule has 24 heavy (non-hydrogen) atoms. The molecule has 1 aliphatic heterocycles. The van der Waals surface area contributed by atoms with Gasteiger partial charge in [-0.05, 0) is 31.9 Å². The minimum absolute atomic E-state index is 0.124. The monoisotopic (exact) mass is 333 g/mol. The van der Waals surface area contributed by atoms with E-state index in [1.807, 2.05) is 25.1 Å². The van der Waals surface area contributed by atoms with E-state index in [-0.39, 0.29) is 11.9 Å². The number of amides is 1. The Bertz CT molecular complexity index is 525. The van der Waals surface area contributed by atoms with Gasteiger partial charge in [-0.3, -0.25) is 9.69 Å². The van der Waals surface area contributed by atoms with Crippen LogP contribution in [0, 0.1) is 5.92 Å². The van der Waals surface area contributed by atoms with Gasteiger partial charge in [-0.1, -0.05) is 26.0 Å². The second kappa shape index (κ2) is 8.92. The minimum Gasteiger partial charge on any atom is -0.492 e. The SMILES string of the molecule is CCOc1ccccc1N1CCN(CC(=O)N[C@H](C)C(C)C)CC1. The maximum Gasteiger partial charge on any atom is 0.234 e. The van der Waals surface area contributed by atoms with Crippen molar-refractivity contribution in [3.63, 3.8) is 0 Å². The molecule has 1 aliphatic rings. The summed E-state index contributed by atoms with van der Waals surface area (Å²) in [4.78, 5) is 16.7. The highest BCUT2D eigenvalue weighted by Crippen LogP contribution is 2.28. The summed E-state index contributed by atoms with van der Waals surface area (Å²) >= 11 is 0. The largest absolute Gasteiger partial charge is 0.492 e. The van der Waals surface area contributed by atoms with Gasteiger partial charge in [0.05, 0.1) is 18.8 Å². The highest BCUT2D eigenvalue weighted by Gasteiger charge is 2.21. The molecule has 1 N–H and O–H groups in total. The van der Waals surface area contributed by atoms with Crippen molar-refractivity contribution in [1.82, 2.24) is 10.2 Å². The number of anilines is 1. The number of ether oxygens (including phenoxy) is 1. The molecule has 2 rings (SSSR count). The number of rotatable bonds is 7. The molecule has 5 heteroatoms. The predicted octanol–water partition coefficient (Wildman–Crippen LogP) is 2.37. The Morgan fingerprint density at radius 1 is 1.17 bits per heavy atom. The van der Waals surface area contributed by atoms with Crippen LogP contribution in [0.5, 0.6) is 5.75 Å². The van der Waals surface area contributed by atoms with Crippen LogP contribution in [0.4, 0.5) is 5.69 Å². The summed E-state index contributed by atoms with van der Waals surface area (Å²) in [6.07, 6.45) is 0. The zero-order valence-corrected chi connectivity index (χ0v) is 15.4. The van der Waals surface area contributed by atoms with E-state index in [1.165, 1.54) is 0 Å². The first-order valence-electron chi connectivity index (χ1n) is 8.99. The molecule has 1 aromatic carbocycles. The number of carbonyl (C=O) groups is 1. The number of para-hydroxylation sites is 2. The van der Waals surface area contributed by atoms with Crippen molar-refractivity contribution in [2.45, 2.75) is 33.7 Å². The molecule has 0 saturated carbocycles. The van der Waals surface area contributed by atoms with Gasteiger partial charge in [0.2, 0.25) is 5.91 Å². The summed E-state index contributed by atoms with van der Waals surface area (Å²) < 4.78 is 5.73. The zero-order chi connectivity index (χ0) is 17.5. The molecule has 134 valence electrons. The standard InChI is InChI=1S/C19H31N3O2/c1-5-24-18-9-7-6-8-17(18)22-12-10-21(11-13-22)14-19(23)20-16(4)15(2)3/h6-9,15-16H,5,10-14H2,1-4H3,(H,20,23)/t16-/m1/s1. The lowest BCUT2D eigenvalue weighted by atomic mass is 10.1. The van der Waals surface area contributed by atoms with Crippen LogP contribution in [0.2, 0.25) is 0 Å². The van der Waals surface area contributed by atoms with Crippen LogP contribution in [-0.4, -0.2) is 56.2 Å². The molecule has 0 aromatic heterocycles. The normalized spacial score (nSPS) is 17.0. The number of hydrogen-bond acceptors (Lipinski definition) is 4. The Kier molecular flexibility index (Phi) is 6.91. The van der Waals surface area contributed by atoms with Gasteiger partial charge in [0.1, 0.15) is 5.75 Å². The van der Waals surface area contributed by atoms with Gasteiger partial charge in [0, 0.05) is 32.2 Å². The molecule has 1 fully saturated rings. The number of nitrogens with zero attached hydrogens (tertiary/aromatic N) is 2. The van der Waals surface area contributed by atoms with Crippen LogP contribution in [0.1, 0.15) is 27.7 Å². The maximum atomic E-state index is 12.1. The Morgan fingerprint density at radius 2 is 1.83 bits per heavy atom. The van der Waals surface area contributed by atoms with Gasteiger partial charge in [0.25, 0.3) is 0 Å². The van der Waals surface area contributed by atoms with E-state index in [2.05, 4.69) is 42.0 Å². The van der Waals surface area contributed by atoms with Crippen molar-refractivity contribution in [1.29, 1.82) is 0 Å². The minimum atomic E-state index is 0.124. The maximum absolute atomic E-state index is 12.1. The fraction of sp³-hybridized carbons (Fsp3) is 0.632. The van der Waals surface area contributed by atoms with Crippen LogP contribution in [0.3, 0.4) is 0 Å². The van der Waals surface area contributed by atoms with Gasteiger partial charge in [-0.15, -0.1) is 0 Å². The first-order valence-corrected chi connectivity index (χ1v) is 8.99. The molecule has 1 atom stereocenters. The van der Waals surface area contributed by atoms with Gasteiger partial charge in [-0.2, -0.15) is 0 Å². The van der Waals surface area contributed by atoms with Crippen molar-refractivity contribution in [2.24, 2.45) is 5.92 Å². The number of piperazine rings is 1. The summed E-state index contributed by atoms with van der Waals surface area (Å²) in [6, 6.07) is 8.40. The molecule has 0 unspecified atom stereocenters. The van der Waals surface area contributed by atoms with Crippen molar-refractivity contribution in [3.8, 4) is 5.75 Å². The molecular formula is C19H31N3O2. The van der Waals surface area contributed by atoms with Crippen molar-refractivity contribution < 1.29 is 9.53 Å². The van der Waals surface area contributed by atoms with Gasteiger partial charge >= 0.3 is 0 Å². The topological polar surface area (TPSA) is 44.8 Å². The third kappa shape index (κ3) is 5.13. The Hall–Kier alpha value is -1.75. The van der Waals surface area contributed by atoms with E-state index < -0.39 is 0 Å². The van der Waals surface area contributed by atoms with E-state index in [9.17, 15) is 4.79 Å². The van der Waals surface area contributed by atoms with Crippen LogP contribution >= 0.6 is 0 Å². The first kappa shape index (κ1) is 18.6. The highest BCUT2D eigenvalue weighted by molar-refractivity contribution is 5.78. The van der Waals surface area contributed by atoms with E-state index in [4.69, 9.17) is 4.74 Å². The molecule has 1 aromatic rings. The van der Waals surface area contributed by atoms with Gasteiger partial charge in [0.15, 0.2) is 0 Å². The average molecular weight is 333 g/mol. The molecule has 0 bridgehead atoms. The quantitative estimate of drug-likeness (QED) is 0.832. The lowest BCUT2D eigenvalue weighted by Gasteiger charge is -2.36. The van der Waals surface area contributed by atoms with Crippen molar-refractivity contribution >= 4 is 11.6 Å². The molecular weight excluding hydrogens is 302 g/mol. The first-order chi connectivity index (χ1) is 11.5. The van der Waals surface area contributed by atoms with Crippen molar-refractivity contribution in [3.05, 3.63) is 24.3 Å². The summed E-state index contributed by atoms with van der Waals surface area (Å²) in [5, 5.41) is 3.08. The summed E-state index contributed by atoms with van der Waals surface area (Å²) in [5.74, 6) is 1.53. The summed E-state index contributed by atoms with van der Waals surface area (Å²) in [6.45, 7) is 13.1. The number of nitrogens with one attached hydrogen (secondary N) is 1. The van der Waals surface area contributed by atoms with Crippen LogP contribution < -0.4 is 15.0 Å². The van der Waals surface area contributed by atoms with Gasteiger partial charge in [-0.25, -0.2) is 0 Å².